The van der Waals surface area contributed by atoms with Crippen LogP contribution in [0.25, 0.3) is 0 Å². The van der Waals surface area contributed by atoms with Gasteiger partial charge in [0.25, 0.3) is 0 Å². The van der Waals surface area contributed by atoms with Gasteiger partial charge in [0, 0.05) is 29.3 Å². The molecule has 3 nitrogen and oxygen atoms in total. The lowest BCUT2D eigenvalue weighted by atomic mass is 9.93. The van der Waals surface area contributed by atoms with Crippen LogP contribution in [0.2, 0.25) is 0 Å². The lowest BCUT2D eigenvalue weighted by molar-refractivity contribution is 0.290. The van der Waals surface area contributed by atoms with Crippen LogP contribution >= 0.6 is 15.9 Å². The number of aliphatic hydroxyl groups excluding tert-OH is 1. The van der Waals surface area contributed by atoms with E-state index in [0.29, 0.717) is 6.04 Å². The number of rotatable bonds is 7. The highest BCUT2D eigenvalue weighted by Crippen LogP contribution is 2.30. The van der Waals surface area contributed by atoms with E-state index in [1.165, 1.54) is 43.4 Å². The molecule has 0 atom stereocenters. The zero-order valence-electron chi connectivity index (χ0n) is 12.9. The van der Waals surface area contributed by atoms with Gasteiger partial charge in [-0.2, -0.15) is 0 Å². The summed E-state index contributed by atoms with van der Waals surface area (Å²) in [6, 6.07) is 7.17. The molecule has 118 valence electrons. The maximum absolute atomic E-state index is 9.41. The van der Waals surface area contributed by atoms with E-state index in [9.17, 15) is 5.11 Å². The van der Waals surface area contributed by atoms with Gasteiger partial charge in [0.15, 0.2) is 0 Å². The van der Waals surface area contributed by atoms with E-state index in [4.69, 9.17) is 0 Å². The highest BCUT2D eigenvalue weighted by Gasteiger charge is 2.21. The van der Waals surface area contributed by atoms with Crippen LogP contribution < -0.4 is 10.2 Å². The van der Waals surface area contributed by atoms with Crippen LogP contribution in [0.5, 0.6) is 0 Å². The molecule has 2 rings (SSSR count). The van der Waals surface area contributed by atoms with Crippen LogP contribution in [0.4, 0.5) is 5.69 Å². The molecule has 4 heteroatoms. The third kappa shape index (κ3) is 4.70. The summed E-state index contributed by atoms with van der Waals surface area (Å²) in [5.41, 5.74) is 2.51. The molecule has 1 aliphatic carbocycles. The Labute approximate surface area is 136 Å². The van der Waals surface area contributed by atoms with Gasteiger partial charge in [0.1, 0.15) is 0 Å². The molecule has 0 amide bonds. The number of hydrogen-bond donors (Lipinski definition) is 2. The van der Waals surface area contributed by atoms with Crippen molar-refractivity contribution in [3.8, 4) is 0 Å². The van der Waals surface area contributed by atoms with Crippen molar-refractivity contribution in [2.75, 3.05) is 24.6 Å². The van der Waals surface area contributed by atoms with Gasteiger partial charge in [-0.1, -0.05) is 48.2 Å². The van der Waals surface area contributed by atoms with E-state index in [-0.39, 0.29) is 6.61 Å². The molecule has 2 N–H and O–H groups in total. The van der Waals surface area contributed by atoms with Gasteiger partial charge in [-0.25, -0.2) is 0 Å². The van der Waals surface area contributed by atoms with Crippen molar-refractivity contribution in [2.45, 2.75) is 51.6 Å². The first-order valence-electron chi connectivity index (χ1n) is 8.13. The van der Waals surface area contributed by atoms with Crippen molar-refractivity contribution < 1.29 is 5.11 Å². The summed E-state index contributed by atoms with van der Waals surface area (Å²) in [7, 11) is 0. The average Bonchev–Trinajstić information content (AvgIpc) is 2.52. The molecule has 1 aliphatic rings. The molecule has 0 bridgehead atoms. The summed E-state index contributed by atoms with van der Waals surface area (Å²) in [5, 5.41) is 12.8. The SMILES string of the molecule is CCNCc1ccc(N(CCO)C2CCCCC2)cc1Br. The first-order chi connectivity index (χ1) is 10.3. The van der Waals surface area contributed by atoms with Crippen LogP contribution in [-0.2, 0) is 6.54 Å². The monoisotopic (exact) mass is 354 g/mol. The Morgan fingerprint density at radius 2 is 2.05 bits per heavy atom. The fourth-order valence-corrected chi connectivity index (χ4v) is 3.65. The number of aliphatic hydroxyl groups is 1. The molecule has 1 aromatic carbocycles. The Bertz CT molecular complexity index is 433. The topological polar surface area (TPSA) is 35.5 Å². The molecule has 0 heterocycles. The predicted molar refractivity (Wildman–Crippen MR) is 92.8 cm³/mol. The molecular weight excluding hydrogens is 328 g/mol. The third-order valence-electron chi connectivity index (χ3n) is 4.29. The second-order valence-corrected chi connectivity index (χ2v) is 6.62. The lowest BCUT2D eigenvalue weighted by Gasteiger charge is -2.36. The van der Waals surface area contributed by atoms with Crippen LogP contribution in [0.3, 0.4) is 0 Å². The number of anilines is 1. The molecule has 1 aromatic rings. The molecule has 21 heavy (non-hydrogen) atoms. The molecule has 1 fully saturated rings. The Balaban J connectivity index is 2.13. The average molecular weight is 355 g/mol. The number of hydrogen-bond acceptors (Lipinski definition) is 3. The van der Waals surface area contributed by atoms with Crippen LogP contribution in [0.15, 0.2) is 22.7 Å². The van der Waals surface area contributed by atoms with Gasteiger partial charge >= 0.3 is 0 Å². The Morgan fingerprint density at radius 1 is 1.29 bits per heavy atom. The maximum atomic E-state index is 9.41. The van der Waals surface area contributed by atoms with E-state index < -0.39 is 0 Å². The molecule has 0 unspecified atom stereocenters. The smallest absolute Gasteiger partial charge is 0.0606 e. The van der Waals surface area contributed by atoms with Gasteiger partial charge in [-0.05, 0) is 37.1 Å². The molecular formula is C17H27BrN2O. The minimum Gasteiger partial charge on any atom is -0.395 e. The Morgan fingerprint density at radius 3 is 2.67 bits per heavy atom. The third-order valence-corrected chi connectivity index (χ3v) is 5.03. The molecule has 0 radical (unpaired) electrons. The first-order valence-corrected chi connectivity index (χ1v) is 8.92. The van der Waals surface area contributed by atoms with Crippen molar-refractivity contribution in [1.29, 1.82) is 0 Å². The fraction of sp³-hybridized carbons (Fsp3) is 0.647. The molecule has 0 aromatic heterocycles. The second-order valence-electron chi connectivity index (χ2n) is 5.76. The molecule has 0 aliphatic heterocycles. The quantitative estimate of drug-likeness (QED) is 0.783. The number of nitrogens with zero attached hydrogens (tertiary/aromatic N) is 1. The minimum atomic E-state index is 0.216. The highest BCUT2D eigenvalue weighted by molar-refractivity contribution is 9.10. The van der Waals surface area contributed by atoms with E-state index in [0.717, 1.165) is 24.1 Å². The van der Waals surface area contributed by atoms with Crippen LogP contribution in [-0.4, -0.2) is 30.8 Å². The van der Waals surface area contributed by atoms with Crippen molar-refractivity contribution in [3.63, 3.8) is 0 Å². The normalized spacial score (nSPS) is 16.1. The van der Waals surface area contributed by atoms with Gasteiger partial charge in [-0.15, -0.1) is 0 Å². The lowest BCUT2D eigenvalue weighted by Crippen LogP contribution is -2.38. The van der Waals surface area contributed by atoms with Crippen molar-refractivity contribution >= 4 is 21.6 Å². The summed E-state index contributed by atoms with van der Waals surface area (Å²) >= 11 is 3.69. The second kappa shape index (κ2) is 8.76. The van der Waals surface area contributed by atoms with Gasteiger partial charge in [0.05, 0.1) is 6.61 Å². The zero-order chi connectivity index (χ0) is 15.1. The fourth-order valence-electron chi connectivity index (χ4n) is 3.14. The highest BCUT2D eigenvalue weighted by atomic mass is 79.9. The Hall–Kier alpha value is -0.580. The van der Waals surface area contributed by atoms with Crippen molar-refractivity contribution in [2.24, 2.45) is 0 Å². The van der Waals surface area contributed by atoms with E-state index in [1.807, 2.05) is 0 Å². The van der Waals surface area contributed by atoms with Crippen LogP contribution in [0.1, 0.15) is 44.6 Å². The predicted octanol–water partition coefficient (Wildman–Crippen LogP) is 3.69. The van der Waals surface area contributed by atoms with Crippen molar-refractivity contribution in [1.82, 2.24) is 5.32 Å². The summed E-state index contributed by atoms with van der Waals surface area (Å²) in [6.45, 7) is 4.93. The van der Waals surface area contributed by atoms with Gasteiger partial charge in [-0.3, -0.25) is 0 Å². The van der Waals surface area contributed by atoms with Gasteiger partial charge in [0.2, 0.25) is 0 Å². The summed E-state index contributed by atoms with van der Waals surface area (Å²) in [6.07, 6.45) is 6.47. The number of benzene rings is 1. The molecule has 0 saturated heterocycles. The summed E-state index contributed by atoms with van der Waals surface area (Å²) in [4.78, 5) is 2.39. The van der Waals surface area contributed by atoms with E-state index in [1.54, 1.807) is 0 Å². The van der Waals surface area contributed by atoms with E-state index >= 15 is 0 Å². The maximum Gasteiger partial charge on any atom is 0.0606 e. The zero-order valence-corrected chi connectivity index (χ0v) is 14.5. The minimum absolute atomic E-state index is 0.216. The first kappa shape index (κ1) is 16.8. The largest absolute Gasteiger partial charge is 0.395 e. The number of nitrogens with one attached hydrogen (secondary N) is 1. The summed E-state index contributed by atoms with van der Waals surface area (Å²) < 4.78 is 1.15. The standard InChI is InChI=1S/C17H27BrN2O/c1-2-19-13-14-8-9-16(12-17(14)18)20(10-11-21)15-6-4-3-5-7-15/h8-9,12,15,19,21H,2-7,10-11,13H2,1H3. The molecule has 1 saturated carbocycles. The number of halogens is 1. The summed E-state index contributed by atoms with van der Waals surface area (Å²) in [5.74, 6) is 0. The molecule has 0 spiro atoms. The van der Waals surface area contributed by atoms with Gasteiger partial charge < -0.3 is 15.3 Å². The van der Waals surface area contributed by atoms with Crippen LogP contribution in [0, 0.1) is 0 Å². The van der Waals surface area contributed by atoms with E-state index in [2.05, 4.69) is 51.3 Å². The van der Waals surface area contributed by atoms with Crippen molar-refractivity contribution in [3.05, 3.63) is 28.2 Å². The Kier molecular flexibility index (Phi) is 7.00.